The number of nitrogens with zero attached hydrogens (tertiary/aromatic N) is 2. The average Bonchev–Trinajstić information content (AvgIpc) is 2.53. The van der Waals surface area contributed by atoms with E-state index in [1.807, 2.05) is 6.92 Å². The number of hydrogen-bond acceptors (Lipinski definition) is 3. The van der Waals surface area contributed by atoms with Crippen molar-refractivity contribution in [1.82, 2.24) is 10.2 Å². The summed E-state index contributed by atoms with van der Waals surface area (Å²) in [5.41, 5.74) is 7.60. The quantitative estimate of drug-likeness (QED) is 0.534. The normalized spacial score (nSPS) is 10.9. The number of aromatic nitrogens is 2. The first-order chi connectivity index (χ1) is 11.2. The van der Waals surface area contributed by atoms with Gasteiger partial charge >= 0.3 is 0 Å². The van der Waals surface area contributed by atoms with Crippen molar-refractivity contribution in [1.29, 1.82) is 0 Å². The van der Waals surface area contributed by atoms with Crippen LogP contribution in [0.1, 0.15) is 99.2 Å². The Morgan fingerprint density at radius 3 is 2.00 bits per heavy atom. The van der Waals surface area contributed by atoms with Crippen molar-refractivity contribution < 1.29 is 4.79 Å². The smallest absolute Gasteiger partial charge is 0.269 e. The molecule has 4 nitrogen and oxygen atoms in total. The van der Waals surface area contributed by atoms with Crippen LogP contribution in [0.25, 0.3) is 0 Å². The summed E-state index contributed by atoms with van der Waals surface area (Å²) in [6.45, 7) is 4.17. The van der Waals surface area contributed by atoms with E-state index in [0.717, 1.165) is 24.0 Å². The van der Waals surface area contributed by atoms with E-state index >= 15 is 0 Å². The zero-order valence-electron chi connectivity index (χ0n) is 14.9. The number of amides is 1. The highest BCUT2D eigenvalue weighted by molar-refractivity contribution is 5.92. The topological polar surface area (TPSA) is 68.9 Å². The van der Waals surface area contributed by atoms with Gasteiger partial charge in [-0.05, 0) is 30.9 Å². The minimum absolute atomic E-state index is 0.311. The summed E-state index contributed by atoms with van der Waals surface area (Å²) in [4.78, 5) is 11.3. The van der Waals surface area contributed by atoms with Gasteiger partial charge < -0.3 is 5.73 Å². The molecular formula is C19H33N3O. The predicted octanol–water partition coefficient (Wildman–Crippen LogP) is 4.74. The third kappa shape index (κ3) is 8.10. The number of unbranched alkanes of at least 4 members (excludes halogenated alkanes) is 10. The van der Waals surface area contributed by atoms with Gasteiger partial charge in [0.25, 0.3) is 5.91 Å². The van der Waals surface area contributed by atoms with Gasteiger partial charge in [0.15, 0.2) is 5.69 Å². The van der Waals surface area contributed by atoms with Crippen LogP contribution in [-0.2, 0) is 6.42 Å². The Labute approximate surface area is 141 Å². The van der Waals surface area contributed by atoms with Crippen LogP contribution in [0.3, 0.4) is 0 Å². The van der Waals surface area contributed by atoms with E-state index in [1.165, 1.54) is 64.2 Å². The molecule has 0 aliphatic rings. The third-order valence-corrected chi connectivity index (χ3v) is 4.49. The van der Waals surface area contributed by atoms with E-state index < -0.39 is 5.91 Å². The summed E-state index contributed by atoms with van der Waals surface area (Å²) in [7, 11) is 0. The van der Waals surface area contributed by atoms with Crippen LogP contribution < -0.4 is 5.73 Å². The highest BCUT2D eigenvalue weighted by Gasteiger charge is 2.10. The van der Waals surface area contributed by atoms with Crippen molar-refractivity contribution in [2.45, 2.75) is 90.9 Å². The molecule has 23 heavy (non-hydrogen) atoms. The lowest BCUT2D eigenvalue weighted by Gasteiger charge is -2.07. The second kappa shape index (κ2) is 12.0. The molecule has 1 heterocycles. The molecule has 0 bridgehead atoms. The Bertz CT molecular complexity index is 460. The van der Waals surface area contributed by atoms with E-state index in [0.29, 0.717) is 5.69 Å². The summed E-state index contributed by atoms with van der Waals surface area (Å²) < 4.78 is 0. The van der Waals surface area contributed by atoms with Crippen LogP contribution in [0.5, 0.6) is 0 Å². The molecule has 4 heteroatoms. The van der Waals surface area contributed by atoms with E-state index in [9.17, 15) is 4.79 Å². The molecule has 1 aromatic rings. The highest BCUT2D eigenvalue weighted by Crippen LogP contribution is 2.15. The third-order valence-electron chi connectivity index (χ3n) is 4.49. The summed E-state index contributed by atoms with van der Waals surface area (Å²) in [6.07, 6.45) is 17.4. The lowest BCUT2D eigenvalue weighted by Crippen LogP contribution is -2.16. The second-order valence-electron chi connectivity index (χ2n) is 6.49. The Morgan fingerprint density at radius 2 is 1.48 bits per heavy atom. The van der Waals surface area contributed by atoms with Crippen LogP contribution in [0, 0.1) is 6.92 Å². The van der Waals surface area contributed by atoms with Gasteiger partial charge in [0.1, 0.15) is 0 Å². The van der Waals surface area contributed by atoms with Crippen molar-refractivity contribution in [2.75, 3.05) is 0 Å². The standard InChI is InChI=1S/C19H33N3O/c1-3-4-5-6-7-8-9-10-11-12-13-14-17-15-21-22-18(16(17)2)19(20)23/h15H,3-14H2,1-2H3,(H2,20,23). The monoisotopic (exact) mass is 319 g/mol. The average molecular weight is 319 g/mol. The first-order valence-corrected chi connectivity index (χ1v) is 9.27. The molecule has 0 spiro atoms. The van der Waals surface area contributed by atoms with Gasteiger partial charge in [0.2, 0.25) is 0 Å². The number of primary amides is 1. The molecule has 0 aliphatic heterocycles. The van der Waals surface area contributed by atoms with Gasteiger partial charge in [-0.15, -0.1) is 5.10 Å². The first kappa shape index (κ1) is 19.6. The molecule has 0 radical (unpaired) electrons. The number of rotatable bonds is 13. The summed E-state index contributed by atoms with van der Waals surface area (Å²) in [5.74, 6) is -0.490. The summed E-state index contributed by atoms with van der Waals surface area (Å²) in [5, 5.41) is 7.70. The van der Waals surface area contributed by atoms with Crippen LogP contribution in [0.2, 0.25) is 0 Å². The van der Waals surface area contributed by atoms with E-state index in [4.69, 9.17) is 5.73 Å². The first-order valence-electron chi connectivity index (χ1n) is 9.27. The van der Waals surface area contributed by atoms with Crippen LogP contribution in [0.4, 0.5) is 0 Å². The van der Waals surface area contributed by atoms with Gasteiger partial charge in [-0.3, -0.25) is 4.79 Å². The van der Waals surface area contributed by atoms with Gasteiger partial charge in [0.05, 0.1) is 6.20 Å². The van der Waals surface area contributed by atoms with Gasteiger partial charge in [-0.2, -0.15) is 5.10 Å². The largest absolute Gasteiger partial charge is 0.364 e. The fraction of sp³-hybridized carbons (Fsp3) is 0.737. The maximum Gasteiger partial charge on any atom is 0.269 e. The van der Waals surface area contributed by atoms with Gasteiger partial charge in [0, 0.05) is 0 Å². The summed E-state index contributed by atoms with van der Waals surface area (Å²) in [6, 6.07) is 0. The van der Waals surface area contributed by atoms with E-state index in [1.54, 1.807) is 6.20 Å². The Kier molecular flexibility index (Phi) is 10.3. The highest BCUT2D eigenvalue weighted by atomic mass is 16.1. The Morgan fingerprint density at radius 1 is 0.957 bits per heavy atom. The number of carbonyl (C=O) groups excluding carboxylic acids is 1. The van der Waals surface area contributed by atoms with Gasteiger partial charge in [-0.25, -0.2) is 0 Å². The van der Waals surface area contributed by atoms with Crippen molar-refractivity contribution in [3.8, 4) is 0 Å². The molecule has 0 unspecified atom stereocenters. The fourth-order valence-electron chi connectivity index (χ4n) is 2.95. The van der Waals surface area contributed by atoms with Crippen molar-refractivity contribution in [3.63, 3.8) is 0 Å². The minimum Gasteiger partial charge on any atom is -0.364 e. The molecule has 1 rings (SSSR count). The molecule has 0 atom stereocenters. The van der Waals surface area contributed by atoms with Crippen molar-refractivity contribution >= 4 is 5.91 Å². The molecule has 0 aliphatic carbocycles. The lowest BCUT2D eigenvalue weighted by atomic mass is 10.0. The van der Waals surface area contributed by atoms with Crippen molar-refractivity contribution in [3.05, 3.63) is 23.0 Å². The minimum atomic E-state index is -0.490. The van der Waals surface area contributed by atoms with E-state index in [2.05, 4.69) is 17.1 Å². The van der Waals surface area contributed by atoms with E-state index in [-0.39, 0.29) is 0 Å². The van der Waals surface area contributed by atoms with Gasteiger partial charge in [-0.1, -0.05) is 71.1 Å². The lowest BCUT2D eigenvalue weighted by molar-refractivity contribution is 0.0993. The maximum atomic E-state index is 11.3. The number of aryl methyl sites for hydroxylation is 1. The molecule has 0 fully saturated rings. The molecule has 0 aromatic carbocycles. The van der Waals surface area contributed by atoms with Crippen LogP contribution in [0.15, 0.2) is 6.20 Å². The SMILES string of the molecule is CCCCCCCCCCCCCc1cnnc(C(N)=O)c1C. The van der Waals surface area contributed by atoms with Crippen LogP contribution >= 0.6 is 0 Å². The predicted molar refractivity (Wildman–Crippen MR) is 95.5 cm³/mol. The zero-order valence-corrected chi connectivity index (χ0v) is 14.9. The van der Waals surface area contributed by atoms with Crippen LogP contribution in [-0.4, -0.2) is 16.1 Å². The zero-order chi connectivity index (χ0) is 16.9. The molecule has 0 saturated carbocycles. The number of nitrogens with two attached hydrogens (primary N) is 1. The Balaban J connectivity index is 2.07. The van der Waals surface area contributed by atoms with Crippen molar-refractivity contribution in [2.24, 2.45) is 5.73 Å². The molecular weight excluding hydrogens is 286 g/mol. The second-order valence-corrected chi connectivity index (χ2v) is 6.49. The molecule has 1 amide bonds. The Hall–Kier alpha value is -1.45. The molecule has 0 saturated heterocycles. The number of hydrogen-bond donors (Lipinski definition) is 1. The molecule has 2 N–H and O–H groups in total. The summed E-state index contributed by atoms with van der Waals surface area (Å²) >= 11 is 0. The maximum absolute atomic E-state index is 11.3. The molecule has 1 aromatic heterocycles. The number of carbonyl (C=O) groups is 1. The molecule has 130 valence electrons. The fourth-order valence-corrected chi connectivity index (χ4v) is 2.95.